The third-order valence-corrected chi connectivity index (χ3v) is 4.51. The lowest BCUT2D eigenvalue weighted by Crippen LogP contribution is -2.02. The van der Waals surface area contributed by atoms with Gasteiger partial charge in [0.25, 0.3) is 5.71 Å². The number of fused-ring (bicyclic) bond motifs is 2. The van der Waals surface area contributed by atoms with Gasteiger partial charge in [-0.15, -0.1) is 0 Å². The van der Waals surface area contributed by atoms with Crippen LogP contribution >= 0.6 is 0 Å². The van der Waals surface area contributed by atoms with Crippen LogP contribution in [-0.2, 0) is 6.54 Å². The van der Waals surface area contributed by atoms with Gasteiger partial charge in [-0.2, -0.15) is 4.98 Å². The largest absolute Gasteiger partial charge is 0.497 e. The molecule has 0 aliphatic carbocycles. The van der Waals surface area contributed by atoms with Crippen molar-refractivity contribution in [2.75, 3.05) is 19.2 Å². The van der Waals surface area contributed by atoms with Crippen LogP contribution in [0.5, 0.6) is 17.2 Å². The predicted octanol–water partition coefficient (Wildman–Crippen LogP) is 3.63. The van der Waals surface area contributed by atoms with Crippen LogP contribution in [0.1, 0.15) is 5.56 Å². The summed E-state index contributed by atoms with van der Waals surface area (Å²) in [5, 5.41) is 8.25. The van der Waals surface area contributed by atoms with E-state index < -0.39 is 0 Å². The van der Waals surface area contributed by atoms with E-state index in [4.69, 9.17) is 18.7 Å². The van der Waals surface area contributed by atoms with Crippen molar-refractivity contribution in [1.82, 2.24) is 15.1 Å². The summed E-state index contributed by atoms with van der Waals surface area (Å²) >= 11 is 0. The summed E-state index contributed by atoms with van der Waals surface area (Å²) in [5.41, 5.74) is 2.97. The Labute approximate surface area is 160 Å². The number of nitrogens with zero attached hydrogens (tertiary/aromatic N) is 3. The molecule has 0 fully saturated rings. The first-order valence-electron chi connectivity index (χ1n) is 8.69. The number of rotatable bonds is 5. The van der Waals surface area contributed by atoms with Gasteiger partial charge in [-0.3, -0.25) is 0 Å². The van der Waals surface area contributed by atoms with Crippen LogP contribution in [0.2, 0.25) is 0 Å². The van der Waals surface area contributed by atoms with Crippen molar-refractivity contribution >= 4 is 16.9 Å². The van der Waals surface area contributed by atoms with Crippen LogP contribution in [0, 0.1) is 0 Å². The fourth-order valence-corrected chi connectivity index (χ4v) is 3.12. The van der Waals surface area contributed by atoms with E-state index in [0.29, 0.717) is 23.8 Å². The predicted molar refractivity (Wildman–Crippen MR) is 101 cm³/mol. The molecule has 0 bridgehead atoms. The fraction of sp³-hybridized carbons (Fsp3) is 0.150. The molecule has 1 aliphatic heterocycles. The maximum absolute atomic E-state index is 5.44. The summed E-state index contributed by atoms with van der Waals surface area (Å²) in [6.07, 6.45) is 1.45. The van der Waals surface area contributed by atoms with E-state index in [-0.39, 0.29) is 6.79 Å². The summed E-state index contributed by atoms with van der Waals surface area (Å²) in [4.78, 5) is 8.57. The van der Waals surface area contributed by atoms with E-state index in [0.717, 1.165) is 33.8 Å². The Balaban J connectivity index is 1.48. The quantitative estimate of drug-likeness (QED) is 0.564. The van der Waals surface area contributed by atoms with Crippen molar-refractivity contribution in [3.8, 4) is 28.5 Å². The number of aromatic nitrogens is 3. The van der Waals surface area contributed by atoms with Crippen LogP contribution in [-0.4, -0.2) is 29.0 Å². The van der Waals surface area contributed by atoms with Gasteiger partial charge in [-0.25, -0.2) is 4.98 Å². The minimum Gasteiger partial charge on any atom is -0.497 e. The minimum absolute atomic E-state index is 0.253. The van der Waals surface area contributed by atoms with E-state index in [1.807, 2.05) is 42.5 Å². The molecule has 0 saturated heterocycles. The maximum Gasteiger partial charge on any atom is 0.263 e. The first kappa shape index (κ1) is 16.4. The Bertz CT molecular complexity index is 1160. The van der Waals surface area contributed by atoms with E-state index in [9.17, 15) is 0 Å². The zero-order chi connectivity index (χ0) is 18.9. The Morgan fingerprint density at radius 1 is 1.07 bits per heavy atom. The average Bonchev–Trinajstić information content (AvgIpc) is 3.39. The fourth-order valence-electron chi connectivity index (χ4n) is 3.12. The molecule has 0 saturated carbocycles. The van der Waals surface area contributed by atoms with Gasteiger partial charge in [0.15, 0.2) is 11.5 Å². The molecule has 0 atom stereocenters. The number of nitrogens with one attached hydrogen (secondary N) is 1. The SMILES string of the molecule is COc1cccc(-c2noc3ncnc(NCc4ccc5c(c4)OCO5)c23)c1. The number of hydrogen-bond acceptors (Lipinski definition) is 8. The zero-order valence-corrected chi connectivity index (χ0v) is 15.0. The average molecular weight is 376 g/mol. The summed E-state index contributed by atoms with van der Waals surface area (Å²) in [7, 11) is 1.63. The molecule has 1 N–H and O–H groups in total. The standard InChI is InChI=1S/C20H16N4O4/c1-25-14-4-2-3-13(8-14)18-17-19(22-10-23-20(17)28-24-18)21-9-12-5-6-15-16(7-12)27-11-26-15/h2-8,10H,9,11H2,1H3,(H,21,22,23). The highest BCUT2D eigenvalue weighted by atomic mass is 16.7. The normalized spacial score (nSPS) is 12.3. The Morgan fingerprint density at radius 3 is 2.93 bits per heavy atom. The highest BCUT2D eigenvalue weighted by molar-refractivity contribution is 5.97. The van der Waals surface area contributed by atoms with E-state index in [2.05, 4.69) is 20.4 Å². The van der Waals surface area contributed by atoms with Crippen molar-refractivity contribution in [2.24, 2.45) is 0 Å². The second-order valence-electron chi connectivity index (χ2n) is 6.21. The van der Waals surface area contributed by atoms with Gasteiger partial charge >= 0.3 is 0 Å². The van der Waals surface area contributed by atoms with Crippen molar-refractivity contribution in [3.63, 3.8) is 0 Å². The van der Waals surface area contributed by atoms with E-state index in [1.54, 1.807) is 7.11 Å². The highest BCUT2D eigenvalue weighted by Gasteiger charge is 2.18. The van der Waals surface area contributed by atoms with Gasteiger partial charge in [-0.05, 0) is 29.8 Å². The molecule has 0 unspecified atom stereocenters. The lowest BCUT2D eigenvalue weighted by molar-refractivity contribution is 0.174. The number of methoxy groups -OCH3 is 1. The van der Waals surface area contributed by atoms with Gasteiger partial charge in [-0.1, -0.05) is 23.4 Å². The second kappa shape index (κ2) is 6.73. The van der Waals surface area contributed by atoms with Gasteiger partial charge in [0.2, 0.25) is 6.79 Å². The van der Waals surface area contributed by atoms with E-state index >= 15 is 0 Å². The molecule has 5 rings (SSSR count). The Hall–Kier alpha value is -3.81. The van der Waals surface area contributed by atoms with Crippen LogP contribution in [0.4, 0.5) is 5.82 Å². The van der Waals surface area contributed by atoms with Crippen molar-refractivity contribution in [2.45, 2.75) is 6.54 Å². The summed E-state index contributed by atoms with van der Waals surface area (Å²) in [5.74, 6) is 2.88. The van der Waals surface area contributed by atoms with Gasteiger partial charge < -0.3 is 24.1 Å². The molecule has 2 aromatic carbocycles. The number of benzene rings is 2. The Kier molecular flexibility index (Phi) is 3.93. The van der Waals surface area contributed by atoms with Crippen molar-refractivity contribution < 1.29 is 18.7 Å². The monoisotopic (exact) mass is 376 g/mol. The summed E-state index contributed by atoms with van der Waals surface area (Å²) in [6.45, 7) is 0.800. The van der Waals surface area contributed by atoms with E-state index in [1.165, 1.54) is 6.33 Å². The smallest absolute Gasteiger partial charge is 0.263 e. The highest BCUT2D eigenvalue weighted by Crippen LogP contribution is 2.34. The Morgan fingerprint density at radius 2 is 2.00 bits per heavy atom. The molecule has 0 radical (unpaired) electrons. The van der Waals surface area contributed by atoms with Crippen molar-refractivity contribution in [1.29, 1.82) is 0 Å². The van der Waals surface area contributed by atoms with Crippen LogP contribution in [0.15, 0.2) is 53.3 Å². The molecule has 3 heterocycles. The zero-order valence-electron chi connectivity index (χ0n) is 15.0. The number of ether oxygens (including phenoxy) is 3. The first-order chi connectivity index (χ1) is 13.8. The van der Waals surface area contributed by atoms with Crippen LogP contribution in [0.3, 0.4) is 0 Å². The van der Waals surface area contributed by atoms with Crippen LogP contribution in [0.25, 0.3) is 22.4 Å². The van der Waals surface area contributed by atoms with Gasteiger partial charge in [0.05, 0.1) is 7.11 Å². The third-order valence-electron chi connectivity index (χ3n) is 4.51. The van der Waals surface area contributed by atoms with Crippen molar-refractivity contribution in [3.05, 3.63) is 54.4 Å². The number of hydrogen-bond donors (Lipinski definition) is 1. The van der Waals surface area contributed by atoms with Crippen LogP contribution < -0.4 is 19.5 Å². The topological polar surface area (TPSA) is 91.5 Å². The first-order valence-corrected chi connectivity index (χ1v) is 8.69. The summed E-state index contributed by atoms with van der Waals surface area (Å²) < 4.78 is 21.5. The lowest BCUT2D eigenvalue weighted by Gasteiger charge is -2.08. The molecule has 8 heteroatoms. The van der Waals surface area contributed by atoms with Gasteiger partial charge in [0.1, 0.15) is 29.0 Å². The van der Waals surface area contributed by atoms with Gasteiger partial charge in [0, 0.05) is 12.1 Å². The molecule has 2 aromatic heterocycles. The second-order valence-corrected chi connectivity index (χ2v) is 6.21. The molecule has 28 heavy (non-hydrogen) atoms. The molecule has 0 amide bonds. The molecular formula is C20H16N4O4. The minimum atomic E-state index is 0.253. The number of anilines is 1. The summed E-state index contributed by atoms with van der Waals surface area (Å²) in [6, 6.07) is 13.4. The molecule has 1 aliphatic rings. The third kappa shape index (κ3) is 2.84. The molecule has 8 nitrogen and oxygen atoms in total. The maximum atomic E-state index is 5.44. The molecule has 4 aromatic rings. The molecule has 0 spiro atoms. The molecular weight excluding hydrogens is 360 g/mol. The molecule has 140 valence electrons. The lowest BCUT2D eigenvalue weighted by atomic mass is 10.1.